The number of rotatable bonds is 7. The van der Waals surface area contributed by atoms with Crippen molar-refractivity contribution in [1.82, 2.24) is 10.3 Å². The molecule has 0 aliphatic rings. The molecule has 0 spiro atoms. The normalized spacial score (nSPS) is 10.4. The minimum Gasteiger partial charge on any atom is -0.465 e. The number of unbranched alkanes of at least 4 members (excludes halogenated alkanes) is 1. The van der Waals surface area contributed by atoms with E-state index in [1.165, 1.54) is 0 Å². The molecular weight excluding hydrogens is 224 g/mol. The number of hydrogen-bond donors (Lipinski definition) is 1. The molecule has 1 N–H and O–H groups in total. The zero-order chi connectivity index (χ0) is 11.8. The average molecular weight is 242 g/mol. The largest absolute Gasteiger partial charge is 0.465 e. The molecule has 0 aliphatic heterocycles. The van der Waals surface area contributed by atoms with Crippen LogP contribution in [0.4, 0.5) is 0 Å². The molecule has 0 atom stereocenters. The topological polar surface area (TPSA) is 51.2 Å². The van der Waals surface area contributed by atoms with Crippen molar-refractivity contribution < 1.29 is 9.53 Å². The summed E-state index contributed by atoms with van der Waals surface area (Å²) in [6.07, 6.45) is 3.80. The molecule has 16 heavy (non-hydrogen) atoms. The second-order valence-corrected chi connectivity index (χ2v) is 4.84. The molecular formula is C11H18N2O2S. The summed E-state index contributed by atoms with van der Waals surface area (Å²) in [5.74, 6) is -0.185. The first-order chi connectivity index (χ1) is 7.72. The lowest BCUT2D eigenvalue weighted by molar-refractivity contribution is -0.142. The number of aryl methyl sites for hydroxylation is 1. The minimum absolute atomic E-state index is 0.185. The van der Waals surface area contributed by atoms with E-state index in [0.29, 0.717) is 13.2 Å². The van der Waals surface area contributed by atoms with Crippen LogP contribution in [-0.2, 0) is 16.1 Å². The summed E-state index contributed by atoms with van der Waals surface area (Å²) in [5.41, 5.74) is 0. The maximum Gasteiger partial charge on any atom is 0.319 e. The highest BCUT2D eigenvalue weighted by Gasteiger charge is 2.02. The molecule has 0 unspecified atom stereocenters. The maximum atomic E-state index is 11.2. The molecule has 0 fully saturated rings. The van der Waals surface area contributed by atoms with E-state index in [4.69, 9.17) is 4.74 Å². The Morgan fingerprint density at radius 2 is 2.44 bits per heavy atom. The van der Waals surface area contributed by atoms with E-state index in [-0.39, 0.29) is 12.5 Å². The van der Waals surface area contributed by atoms with Gasteiger partial charge in [-0.15, -0.1) is 11.3 Å². The van der Waals surface area contributed by atoms with E-state index in [1.54, 1.807) is 11.3 Å². The fraction of sp³-hybridized carbons (Fsp3) is 0.636. The van der Waals surface area contributed by atoms with Crippen molar-refractivity contribution in [2.75, 3.05) is 13.2 Å². The highest BCUT2D eigenvalue weighted by Crippen LogP contribution is 2.10. The van der Waals surface area contributed by atoms with Crippen molar-refractivity contribution >= 4 is 17.3 Å². The summed E-state index contributed by atoms with van der Waals surface area (Å²) in [6.45, 7) is 5.50. The molecule has 1 aromatic heterocycles. The highest BCUT2D eigenvalue weighted by molar-refractivity contribution is 7.11. The third kappa shape index (κ3) is 5.23. The molecule has 0 bridgehead atoms. The Kier molecular flexibility index (Phi) is 6.03. The molecule has 4 nitrogen and oxygen atoms in total. The second kappa shape index (κ2) is 7.35. The van der Waals surface area contributed by atoms with Crippen LogP contribution in [0.15, 0.2) is 6.20 Å². The SMILES string of the molecule is CCCCOC(=O)CNCc1cnc(C)s1. The Hall–Kier alpha value is -0.940. The van der Waals surface area contributed by atoms with Crippen LogP contribution in [0.2, 0.25) is 0 Å². The van der Waals surface area contributed by atoms with Crippen LogP contribution < -0.4 is 5.32 Å². The maximum absolute atomic E-state index is 11.2. The van der Waals surface area contributed by atoms with Gasteiger partial charge < -0.3 is 10.1 Å². The third-order valence-electron chi connectivity index (χ3n) is 2.00. The third-order valence-corrected chi connectivity index (χ3v) is 2.91. The van der Waals surface area contributed by atoms with Gasteiger partial charge >= 0.3 is 5.97 Å². The Morgan fingerprint density at radius 3 is 3.06 bits per heavy atom. The van der Waals surface area contributed by atoms with E-state index < -0.39 is 0 Å². The quantitative estimate of drug-likeness (QED) is 0.586. The number of carbonyl (C=O) groups excluding carboxylic acids is 1. The Balaban J connectivity index is 2.08. The van der Waals surface area contributed by atoms with Gasteiger partial charge in [0.2, 0.25) is 0 Å². The molecule has 1 aromatic rings. The molecule has 0 amide bonds. The summed E-state index contributed by atoms with van der Waals surface area (Å²) >= 11 is 1.64. The van der Waals surface area contributed by atoms with Crippen LogP contribution in [0.5, 0.6) is 0 Å². The number of esters is 1. The van der Waals surface area contributed by atoms with Crippen molar-refractivity contribution in [1.29, 1.82) is 0 Å². The van der Waals surface area contributed by atoms with Crippen LogP contribution in [0.25, 0.3) is 0 Å². The Bertz CT molecular complexity index is 326. The monoisotopic (exact) mass is 242 g/mol. The predicted octanol–water partition coefficient (Wildman–Crippen LogP) is 1.88. The van der Waals surface area contributed by atoms with Crippen molar-refractivity contribution in [3.63, 3.8) is 0 Å². The molecule has 0 radical (unpaired) electrons. The number of hydrogen-bond acceptors (Lipinski definition) is 5. The van der Waals surface area contributed by atoms with E-state index in [2.05, 4.69) is 17.2 Å². The molecule has 0 saturated heterocycles. The zero-order valence-corrected chi connectivity index (χ0v) is 10.6. The van der Waals surface area contributed by atoms with Crippen molar-refractivity contribution in [2.45, 2.75) is 33.2 Å². The zero-order valence-electron chi connectivity index (χ0n) is 9.78. The summed E-state index contributed by atoms with van der Waals surface area (Å²) in [5, 5.41) is 4.08. The fourth-order valence-electron chi connectivity index (χ4n) is 1.16. The summed E-state index contributed by atoms with van der Waals surface area (Å²) in [7, 11) is 0. The molecule has 1 heterocycles. The number of carbonyl (C=O) groups is 1. The molecule has 0 aromatic carbocycles. The van der Waals surface area contributed by atoms with E-state index >= 15 is 0 Å². The molecule has 1 rings (SSSR count). The predicted molar refractivity (Wildman–Crippen MR) is 64.4 cm³/mol. The molecule has 0 aliphatic carbocycles. The molecule has 90 valence electrons. The van der Waals surface area contributed by atoms with E-state index in [9.17, 15) is 4.79 Å². The van der Waals surface area contributed by atoms with Crippen LogP contribution in [0, 0.1) is 6.92 Å². The van der Waals surface area contributed by atoms with Gasteiger partial charge in [-0.2, -0.15) is 0 Å². The van der Waals surface area contributed by atoms with Crippen LogP contribution >= 0.6 is 11.3 Å². The van der Waals surface area contributed by atoms with Gasteiger partial charge in [0.25, 0.3) is 0 Å². The Morgan fingerprint density at radius 1 is 1.62 bits per heavy atom. The van der Waals surface area contributed by atoms with Gasteiger partial charge in [0.1, 0.15) is 0 Å². The minimum atomic E-state index is -0.185. The summed E-state index contributed by atoms with van der Waals surface area (Å²) in [4.78, 5) is 16.5. The summed E-state index contributed by atoms with van der Waals surface area (Å²) in [6, 6.07) is 0. The number of nitrogens with one attached hydrogen (secondary N) is 1. The van der Waals surface area contributed by atoms with Crippen molar-refractivity contribution in [2.24, 2.45) is 0 Å². The Labute approximate surface area is 100 Å². The lowest BCUT2D eigenvalue weighted by Gasteiger charge is -2.04. The highest BCUT2D eigenvalue weighted by atomic mass is 32.1. The van der Waals surface area contributed by atoms with Gasteiger partial charge in [-0.25, -0.2) is 4.98 Å². The van der Waals surface area contributed by atoms with Crippen molar-refractivity contribution in [3.8, 4) is 0 Å². The second-order valence-electron chi connectivity index (χ2n) is 3.52. The summed E-state index contributed by atoms with van der Waals surface area (Å²) < 4.78 is 5.01. The fourth-order valence-corrected chi connectivity index (χ4v) is 1.92. The van der Waals surface area contributed by atoms with Crippen LogP contribution in [0.1, 0.15) is 29.7 Å². The van der Waals surface area contributed by atoms with Crippen LogP contribution in [-0.4, -0.2) is 24.1 Å². The van der Waals surface area contributed by atoms with Gasteiger partial charge in [-0.05, 0) is 13.3 Å². The van der Waals surface area contributed by atoms with E-state index in [1.807, 2.05) is 13.1 Å². The first kappa shape index (κ1) is 13.1. The lowest BCUT2D eigenvalue weighted by atomic mass is 10.4. The van der Waals surface area contributed by atoms with Gasteiger partial charge in [0.15, 0.2) is 0 Å². The van der Waals surface area contributed by atoms with Crippen LogP contribution in [0.3, 0.4) is 0 Å². The lowest BCUT2D eigenvalue weighted by Crippen LogP contribution is -2.24. The van der Waals surface area contributed by atoms with Gasteiger partial charge in [0, 0.05) is 17.6 Å². The standard InChI is InChI=1S/C11H18N2O2S/c1-3-4-5-15-11(14)8-12-6-10-7-13-9(2)16-10/h7,12H,3-6,8H2,1-2H3. The number of ether oxygens (including phenoxy) is 1. The van der Waals surface area contributed by atoms with Gasteiger partial charge in [0.05, 0.1) is 18.2 Å². The average Bonchev–Trinajstić information content (AvgIpc) is 2.65. The number of thiazole rings is 1. The number of nitrogens with zero attached hydrogens (tertiary/aromatic N) is 1. The van der Waals surface area contributed by atoms with E-state index in [0.717, 1.165) is 22.7 Å². The first-order valence-electron chi connectivity index (χ1n) is 5.50. The number of aromatic nitrogens is 1. The smallest absolute Gasteiger partial charge is 0.319 e. The molecule has 5 heteroatoms. The first-order valence-corrected chi connectivity index (χ1v) is 6.31. The van der Waals surface area contributed by atoms with Crippen molar-refractivity contribution in [3.05, 3.63) is 16.1 Å². The van der Waals surface area contributed by atoms with Gasteiger partial charge in [-0.1, -0.05) is 13.3 Å². The molecule has 0 saturated carbocycles. The van der Waals surface area contributed by atoms with Gasteiger partial charge in [-0.3, -0.25) is 4.79 Å².